The highest BCUT2D eigenvalue weighted by atomic mass is 32.1. The normalized spacial score (nSPS) is 12.9. The number of hydrazone groups is 1. The minimum absolute atomic E-state index is 0.435. The van der Waals surface area contributed by atoms with Crippen LogP contribution in [0.25, 0.3) is 0 Å². The van der Waals surface area contributed by atoms with Crippen LogP contribution in [-0.2, 0) is 0 Å². The van der Waals surface area contributed by atoms with Crippen molar-refractivity contribution in [3.05, 3.63) is 53.6 Å². The fourth-order valence-electron chi connectivity index (χ4n) is 2.19. The van der Waals surface area contributed by atoms with Gasteiger partial charge >= 0.3 is 0 Å². The average molecular weight is 327 g/mol. The van der Waals surface area contributed by atoms with Crippen molar-refractivity contribution in [1.29, 1.82) is 0 Å². The molecule has 0 radical (unpaired) electrons. The van der Waals surface area contributed by atoms with Crippen LogP contribution >= 0.6 is 12.2 Å². The van der Waals surface area contributed by atoms with Crippen LogP contribution in [0.4, 0.5) is 5.69 Å². The first-order valence-corrected chi connectivity index (χ1v) is 7.68. The molecule has 2 N–H and O–H groups in total. The van der Waals surface area contributed by atoms with E-state index < -0.39 is 0 Å². The molecule has 0 atom stereocenters. The highest BCUT2D eigenvalue weighted by Gasteiger charge is 2.10. The highest BCUT2D eigenvalue weighted by Crippen LogP contribution is 2.30. The molecule has 0 amide bonds. The molecule has 0 aromatic heterocycles. The summed E-state index contributed by atoms with van der Waals surface area (Å²) in [6.45, 7) is 3.18. The third-order valence-corrected chi connectivity index (χ3v) is 3.42. The van der Waals surface area contributed by atoms with E-state index in [0.717, 1.165) is 28.3 Å². The fraction of sp³-hybridized carbons (Fsp3) is 0.176. The monoisotopic (exact) mass is 327 g/mol. The molecule has 118 valence electrons. The van der Waals surface area contributed by atoms with Gasteiger partial charge in [0, 0.05) is 5.69 Å². The Morgan fingerprint density at radius 2 is 1.96 bits per heavy atom. The molecule has 23 heavy (non-hydrogen) atoms. The van der Waals surface area contributed by atoms with E-state index in [1.807, 2.05) is 49.4 Å². The smallest absolute Gasteiger partial charge is 0.191 e. The summed E-state index contributed by atoms with van der Waals surface area (Å²) >= 11 is 5.21. The van der Waals surface area contributed by atoms with Crippen LogP contribution in [0.5, 0.6) is 11.5 Å². The standard InChI is InChI=1S/C17H17N3O2S/c1-12-3-2-4-14(9-12)19-17(23)20-18-11-13-5-6-15-16(10-13)22-8-7-21-15/h2-6,9-11H,7-8H2,1H3,(H2,19,20,23)/b18-11+. The van der Waals surface area contributed by atoms with E-state index in [4.69, 9.17) is 21.7 Å². The molecule has 0 spiro atoms. The molecule has 0 aliphatic carbocycles. The lowest BCUT2D eigenvalue weighted by atomic mass is 10.2. The van der Waals surface area contributed by atoms with Crippen LogP contribution in [0.3, 0.4) is 0 Å². The lowest BCUT2D eigenvalue weighted by Gasteiger charge is -2.18. The van der Waals surface area contributed by atoms with Gasteiger partial charge in [0.2, 0.25) is 0 Å². The van der Waals surface area contributed by atoms with Crippen molar-refractivity contribution in [2.24, 2.45) is 5.10 Å². The van der Waals surface area contributed by atoms with E-state index >= 15 is 0 Å². The highest BCUT2D eigenvalue weighted by molar-refractivity contribution is 7.80. The van der Waals surface area contributed by atoms with Crippen molar-refractivity contribution < 1.29 is 9.47 Å². The number of nitrogens with one attached hydrogen (secondary N) is 2. The second-order valence-electron chi connectivity index (χ2n) is 5.10. The van der Waals surface area contributed by atoms with Crippen molar-refractivity contribution in [3.8, 4) is 11.5 Å². The summed E-state index contributed by atoms with van der Waals surface area (Å²) in [5.41, 5.74) is 5.79. The molecular formula is C17H17N3O2S. The Hall–Kier alpha value is -2.60. The van der Waals surface area contributed by atoms with E-state index in [0.29, 0.717) is 18.3 Å². The Morgan fingerprint density at radius 3 is 2.78 bits per heavy atom. The lowest BCUT2D eigenvalue weighted by Crippen LogP contribution is -2.23. The van der Waals surface area contributed by atoms with Gasteiger partial charge in [0.15, 0.2) is 16.6 Å². The molecule has 1 aliphatic heterocycles. The average Bonchev–Trinajstić information content (AvgIpc) is 2.55. The number of aryl methyl sites for hydroxylation is 1. The molecule has 0 saturated heterocycles. The fourth-order valence-corrected chi connectivity index (χ4v) is 2.36. The number of hydrogen-bond acceptors (Lipinski definition) is 4. The largest absolute Gasteiger partial charge is 0.486 e. The van der Waals surface area contributed by atoms with Gasteiger partial charge in [-0.15, -0.1) is 0 Å². The second-order valence-corrected chi connectivity index (χ2v) is 5.50. The van der Waals surface area contributed by atoms with E-state index in [-0.39, 0.29) is 0 Å². The van der Waals surface area contributed by atoms with Crippen LogP contribution < -0.4 is 20.2 Å². The van der Waals surface area contributed by atoms with Crippen LogP contribution in [0, 0.1) is 6.92 Å². The zero-order valence-electron chi connectivity index (χ0n) is 12.7. The summed E-state index contributed by atoms with van der Waals surface area (Å²) in [5.74, 6) is 1.50. The number of fused-ring (bicyclic) bond motifs is 1. The van der Waals surface area contributed by atoms with Gasteiger partial charge in [-0.3, -0.25) is 5.43 Å². The first kappa shape index (κ1) is 15.3. The van der Waals surface area contributed by atoms with Gasteiger partial charge < -0.3 is 14.8 Å². The van der Waals surface area contributed by atoms with Crippen molar-refractivity contribution in [1.82, 2.24) is 5.43 Å². The second kappa shape index (κ2) is 7.11. The number of hydrogen-bond donors (Lipinski definition) is 2. The number of thiocarbonyl (C=S) groups is 1. The van der Waals surface area contributed by atoms with E-state index in [1.54, 1.807) is 6.21 Å². The molecule has 0 saturated carbocycles. The van der Waals surface area contributed by atoms with E-state index in [9.17, 15) is 0 Å². The van der Waals surface area contributed by atoms with Crippen LogP contribution in [0.1, 0.15) is 11.1 Å². The number of rotatable bonds is 3. The Balaban J connectivity index is 1.57. The SMILES string of the molecule is Cc1cccc(NC(=S)N/N=C/c2ccc3c(c2)OCCO3)c1. The zero-order valence-corrected chi connectivity index (χ0v) is 13.5. The molecule has 2 aromatic carbocycles. The maximum atomic E-state index is 5.54. The Labute approximate surface area is 140 Å². The predicted molar refractivity (Wildman–Crippen MR) is 95.6 cm³/mol. The summed E-state index contributed by atoms with van der Waals surface area (Å²) in [6, 6.07) is 13.6. The van der Waals surface area contributed by atoms with Crippen LogP contribution in [-0.4, -0.2) is 24.5 Å². The Kier molecular flexibility index (Phi) is 4.73. The molecule has 0 unspecified atom stereocenters. The van der Waals surface area contributed by atoms with E-state index in [2.05, 4.69) is 15.8 Å². The van der Waals surface area contributed by atoms with Gasteiger partial charge in [-0.25, -0.2) is 0 Å². The van der Waals surface area contributed by atoms with Gasteiger partial charge in [-0.1, -0.05) is 12.1 Å². The number of nitrogens with zero attached hydrogens (tertiary/aromatic N) is 1. The van der Waals surface area contributed by atoms with Crippen molar-refractivity contribution in [2.45, 2.75) is 6.92 Å². The third-order valence-electron chi connectivity index (χ3n) is 3.22. The van der Waals surface area contributed by atoms with Gasteiger partial charge in [0.05, 0.1) is 6.21 Å². The molecule has 0 fully saturated rings. The topological polar surface area (TPSA) is 54.9 Å². The number of anilines is 1. The predicted octanol–water partition coefficient (Wildman–Crippen LogP) is 3.09. The Morgan fingerprint density at radius 1 is 1.13 bits per heavy atom. The third kappa shape index (κ3) is 4.20. The minimum Gasteiger partial charge on any atom is -0.486 e. The summed E-state index contributed by atoms with van der Waals surface area (Å²) < 4.78 is 11.0. The molecule has 3 rings (SSSR count). The summed E-state index contributed by atoms with van der Waals surface area (Å²) in [6.07, 6.45) is 1.68. The zero-order chi connectivity index (χ0) is 16.1. The quantitative estimate of drug-likeness (QED) is 0.515. The maximum absolute atomic E-state index is 5.54. The number of ether oxygens (including phenoxy) is 2. The van der Waals surface area contributed by atoms with Crippen LogP contribution in [0.2, 0.25) is 0 Å². The van der Waals surface area contributed by atoms with Crippen molar-refractivity contribution in [2.75, 3.05) is 18.5 Å². The first-order chi connectivity index (χ1) is 11.2. The minimum atomic E-state index is 0.435. The van der Waals surface area contributed by atoms with Gasteiger partial charge in [-0.2, -0.15) is 5.10 Å². The first-order valence-electron chi connectivity index (χ1n) is 7.27. The molecule has 1 aliphatic rings. The molecular weight excluding hydrogens is 310 g/mol. The summed E-state index contributed by atoms with van der Waals surface area (Å²) in [5, 5.41) is 7.65. The summed E-state index contributed by atoms with van der Waals surface area (Å²) in [4.78, 5) is 0. The van der Waals surface area contributed by atoms with Crippen molar-refractivity contribution >= 4 is 29.2 Å². The molecule has 6 heteroatoms. The molecule has 1 heterocycles. The Bertz CT molecular complexity index is 746. The van der Waals surface area contributed by atoms with Gasteiger partial charge in [0.1, 0.15) is 13.2 Å². The van der Waals surface area contributed by atoms with Crippen molar-refractivity contribution in [3.63, 3.8) is 0 Å². The van der Waals surface area contributed by atoms with Crippen LogP contribution in [0.15, 0.2) is 47.6 Å². The molecule has 0 bridgehead atoms. The lowest BCUT2D eigenvalue weighted by molar-refractivity contribution is 0.171. The summed E-state index contributed by atoms with van der Waals surface area (Å²) in [7, 11) is 0. The molecule has 2 aromatic rings. The van der Waals surface area contributed by atoms with Gasteiger partial charge in [-0.05, 0) is 60.6 Å². The number of benzene rings is 2. The van der Waals surface area contributed by atoms with Gasteiger partial charge in [0.25, 0.3) is 0 Å². The maximum Gasteiger partial charge on any atom is 0.191 e. The van der Waals surface area contributed by atoms with E-state index in [1.165, 1.54) is 0 Å². The molecule has 5 nitrogen and oxygen atoms in total.